The van der Waals surface area contributed by atoms with Gasteiger partial charge in [0.05, 0.1) is 11.2 Å². The first-order valence-electron chi connectivity index (χ1n) is 5.74. The van der Waals surface area contributed by atoms with Crippen molar-refractivity contribution in [3.05, 3.63) is 42.2 Å². The lowest BCUT2D eigenvalue weighted by atomic mass is 10.5. The van der Waals surface area contributed by atoms with Crippen molar-refractivity contribution in [2.75, 3.05) is 5.43 Å². The van der Waals surface area contributed by atoms with Crippen molar-refractivity contribution in [2.24, 2.45) is 5.84 Å². The number of anilines is 1. The Balaban J connectivity index is 1.96. The van der Waals surface area contributed by atoms with Crippen LogP contribution in [0.1, 0.15) is 0 Å². The van der Waals surface area contributed by atoms with Gasteiger partial charge in [0.1, 0.15) is 6.33 Å². The summed E-state index contributed by atoms with van der Waals surface area (Å²) in [4.78, 5) is 20.1. The molecule has 0 atom stereocenters. The summed E-state index contributed by atoms with van der Waals surface area (Å²) >= 11 is 5.84. The molecule has 0 unspecified atom stereocenters. The number of hydrogen-bond acceptors (Lipinski definition) is 8. The highest BCUT2D eigenvalue weighted by atomic mass is 35.5. The number of aromatic nitrogens is 6. The Labute approximate surface area is 123 Å². The van der Waals surface area contributed by atoms with E-state index in [9.17, 15) is 0 Å². The minimum atomic E-state index is 0.0470. The van der Waals surface area contributed by atoms with Crippen molar-refractivity contribution in [2.45, 2.75) is 0 Å². The van der Waals surface area contributed by atoms with Crippen LogP contribution in [0.5, 0.6) is 11.8 Å². The predicted molar refractivity (Wildman–Crippen MR) is 74.1 cm³/mol. The third-order valence-electron chi connectivity index (χ3n) is 2.36. The van der Waals surface area contributed by atoms with Crippen LogP contribution in [0, 0.1) is 0 Å². The molecule has 0 aromatic carbocycles. The topological polar surface area (TPSA) is 117 Å². The molecule has 0 spiro atoms. The summed E-state index contributed by atoms with van der Waals surface area (Å²) in [5, 5.41) is 0.438. The Morgan fingerprint density at radius 1 is 1.19 bits per heavy atom. The zero-order valence-corrected chi connectivity index (χ0v) is 11.3. The van der Waals surface area contributed by atoms with Crippen molar-refractivity contribution < 1.29 is 4.74 Å². The molecule has 0 bridgehead atoms. The molecule has 0 radical (unpaired) electrons. The Morgan fingerprint density at radius 3 is 2.81 bits per heavy atom. The van der Waals surface area contributed by atoms with Gasteiger partial charge in [-0.15, -0.1) is 0 Å². The van der Waals surface area contributed by atoms with E-state index in [1.54, 1.807) is 29.4 Å². The molecule has 0 saturated carbocycles. The largest absolute Gasteiger partial charge is 0.422 e. The molecule has 0 aliphatic rings. The molecule has 3 heterocycles. The van der Waals surface area contributed by atoms with Gasteiger partial charge in [0.15, 0.2) is 5.75 Å². The fourth-order valence-corrected chi connectivity index (χ4v) is 1.67. The van der Waals surface area contributed by atoms with Crippen molar-refractivity contribution >= 4 is 17.5 Å². The lowest BCUT2D eigenvalue weighted by Gasteiger charge is -2.07. The lowest BCUT2D eigenvalue weighted by molar-refractivity contribution is 0.437. The molecule has 0 saturated heterocycles. The van der Waals surface area contributed by atoms with E-state index in [-0.39, 0.29) is 12.0 Å². The molecule has 0 aliphatic heterocycles. The van der Waals surface area contributed by atoms with E-state index in [1.807, 2.05) is 0 Å². The van der Waals surface area contributed by atoms with Crippen LogP contribution in [-0.4, -0.2) is 29.5 Å². The summed E-state index contributed by atoms with van der Waals surface area (Å²) < 4.78 is 7.09. The van der Waals surface area contributed by atoms with Crippen LogP contribution < -0.4 is 16.0 Å². The fourth-order valence-electron chi connectivity index (χ4n) is 1.50. The third kappa shape index (κ3) is 3.04. The lowest BCUT2D eigenvalue weighted by Crippen LogP contribution is -2.13. The minimum Gasteiger partial charge on any atom is -0.422 e. The highest BCUT2D eigenvalue weighted by Crippen LogP contribution is 2.21. The van der Waals surface area contributed by atoms with Gasteiger partial charge in [0.25, 0.3) is 0 Å². The first-order chi connectivity index (χ1) is 10.2. The Morgan fingerprint density at radius 2 is 2.10 bits per heavy atom. The Bertz CT molecular complexity index is 748. The number of nitrogen functional groups attached to an aromatic ring is 1. The van der Waals surface area contributed by atoms with Crippen molar-refractivity contribution in [1.29, 1.82) is 0 Å². The predicted octanol–water partition coefficient (Wildman–Crippen LogP) is 1.18. The van der Waals surface area contributed by atoms with Crippen molar-refractivity contribution in [3.63, 3.8) is 0 Å². The van der Waals surface area contributed by atoms with Gasteiger partial charge in [-0.05, 0) is 0 Å². The van der Waals surface area contributed by atoms with Crippen LogP contribution in [0.25, 0.3) is 5.95 Å². The van der Waals surface area contributed by atoms with E-state index >= 15 is 0 Å². The fraction of sp³-hybridized carbons (Fsp3) is 0. The average molecular weight is 305 g/mol. The van der Waals surface area contributed by atoms with Crippen LogP contribution in [0.4, 0.5) is 5.95 Å². The molecule has 10 heteroatoms. The Kier molecular flexibility index (Phi) is 3.58. The molecular formula is C11H9ClN8O. The number of nitrogens with zero attached hydrogens (tertiary/aromatic N) is 6. The van der Waals surface area contributed by atoms with Crippen LogP contribution >= 0.6 is 11.6 Å². The number of imidazole rings is 1. The normalized spacial score (nSPS) is 10.4. The number of pyridine rings is 1. The van der Waals surface area contributed by atoms with E-state index in [2.05, 4.69) is 30.3 Å². The number of nitrogens with one attached hydrogen (secondary N) is 1. The summed E-state index contributed by atoms with van der Waals surface area (Å²) in [6.45, 7) is 0. The van der Waals surface area contributed by atoms with Gasteiger partial charge in [-0.25, -0.2) is 10.8 Å². The zero-order valence-electron chi connectivity index (χ0n) is 10.5. The quantitative estimate of drug-likeness (QED) is 0.545. The highest BCUT2D eigenvalue weighted by molar-refractivity contribution is 6.30. The molecular weight excluding hydrogens is 296 g/mol. The summed E-state index contributed by atoms with van der Waals surface area (Å²) in [6, 6.07) is 1.64. The molecule has 3 aromatic heterocycles. The van der Waals surface area contributed by atoms with Crippen LogP contribution in [0.15, 0.2) is 37.2 Å². The molecule has 3 rings (SSSR count). The maximum Gasteiger partial charge on any atom is 0.328 e. The number of hydrogen-bond donors (Lipinski definition) is 2. The van der Waals surface area contributed by atoms with Crippen molar-refractivity contribution in [1.82, 2.24) is 29.5 Å². The second kappa shape index (κ2) is 5.69. The number of hydrazine groups is 1. The Hall–Kier alpha value is -2.78. The van der Waals surface area contributed by atoms with Gasteiger partial charge in [0, 0.05) is 24.7 Å². The third-order valence-corrected chi connectivity index (χ3v) is 2.56. The van der Waals surface area contributed by atoms with Crippen LogP contribution in [0.3, 0.4) is 0 Å². The zero-order chi connectivity index (χ0) is 14.7. The second-order valence-electron chi connectivity index (χ2n) is 3.80. The van der Waals surface area contributed by atoms with Gasteiger partial charge in [-0.2, -0.15) is 15.0 Å². The monoisotopic (exact) mass is 304 g/mol. The summed E-state index contributed by atoms with van der Waals surface area (Å²) in [5.41, 5.74) is 2.35. The molecule has 9 nitrogen and oxygen atoms in total. The molecule has 0 aliphatic carbocycles. The molecule has 3 N–H and O–H groups in total. The first-order valence-corrected chi connectivity index (χ1v) is 6.12. The van der Waals surface area contributed by atoms with Crippen LogP contribution in [-0.2, 0) is 0 Å². The molecule has 0 fully saturated rings. The van der Waals surface area contributed by atoms with Gasteiger partial charge in [-0.1, -0.05) is 11.6 Å². The van der Waals surface area contributed by atoms with Crippen LogP contribution in [0.2, 0.25) is 5.02 Å². The maximum atomic E-state index is 5.84. The summed E-state index contributed by atoms with van der Waals surface area (Å²) in [7, 11) is 0. The maximum absolute atomic E-state index is 5.84. The van der Waals surface area contributed by atoms with Crippen molar-refractivity contribution in [3.8, 4) is 17.7 Å². The van der Waals surface area contributed by atoms with E-state index in [0.717, 1.165) is 0 Å². The van der Waals surface area contributed by atoms with Gasteiger partial charge in [-0.3, -0.25) is 15.0 Å². The smallest absolute Gasteiger partial charge is 0.328 e. The number of ether oxygens (including phenoxy) is 1. The first kappa shape index (κ1) is 13.2. The molecule has 21 heavy (non-hydrogen) atoms. The van der Waals surface area contributed by atoms with E-state index in [4.69, 9.17) is 22.2 Å². The molecule has 3 aromatic rings. The van der Waals surface area contributed by atoms with E-state index in [0.29, 0.717) is 16.7 Å². The van der Waals surface area contributed by atoms with Gasteiger partial charge < -0.3 is 4.74 Å². The summed E-state index contributed by atoms with van der Waals surface area (Å²) in [6.07, 6.45) is 7.80. The number of nitrogens with two attached hydrogens (primary N) is 1. The van der Waals surface area contributed by atoms with Gasteiger partial charge >= 0.3 is 6.01 Å². The minimum absolute atomic E-state index is 0.0470. The number of halogens is 1. The second-order valence-corrected chi connectivity index (χ2v) is 4.23. The summed E-state index contributed by atoms with van der Waals surface area (Å²) in [5.74, 6) is 6.20. The van der Waals surface area contributed by atoms with E-state index in [1.165, 1.54) is 12.4 Å². The average Bonchev–Trinajstić information content (AvgIpc) is 3.01. The molecule has 106 valence electrons. The standard InChI is InChI=1S/C11H9ClN8O/c12-7-3-8(5-15-4-7)21-11-17-9(19-13)16-10(18-11)20-2-1-14-6-20/h1-6H,13H2,(H,16,17,18,19). The highest BCUT2D eigenvalue weighted by Gasteiger charge is 2.09. The number of rotatable bonds is 4. The van der Waals surface area contributed by atoms with Gasteiger partial charge in [0.2, 0.25) is 11.9 Å². The van der Waals surface area contributed by atoms with E-state index < -0.39 is 0 Å². The molecule has 0 amide bonds. The SMILES string of the molecule is NNc1nc(Oc2cncc(Cl)c2)nc(-n2ccnc2)n1.